The van der Waals surface area contributed by atoms with E-state index in [1.54, 1.807) is 6.07 Å². The van der Waals surface area contributed by atoms with Crippen LogP contribution in [0, 0.1) is 6.07 Å². The van der Waals surface area contributed by atoms with Crippen molar-refractivity contribution in [3.05, 3.63) is 71.8 Å². The van der Waals surface area contributed by atoms with Crippen LogP contribution in [-0.4, -0.2) is 0 Å². The van der Waals surface area contributed by atoms with Gasteiger partial charge in [-0.2, -0.15) is 0 Å². The van der Waals surface area contributed by atoms with Crippen LogP contribution in [0.1, 0.15) is 11.1 Å². The number of alkyl halides is 2. The molecule has 0 saturated carbocycles. The molecule has 0 unspecified atom stereocenters. The lowest BCUT2D eigenvalue weighted by atomic mass is 10.0. The second kappa shape index (κ2) is 4.26. The Labute approximate surface area is 99.5 Å². The molecule has 0 fully saturated rings. The minimum absolute atomic E-state index is 0.763. The highest BCUT2D eigenvalue weighted by molar-refractivity contribution is 6.50. The van der Waals surface area contributed by atoms with Crippen LogP contribution in [0.5, 0.6) is 0 Å². The van der Waals surface area contributed by atoms with Gasteiger partial charge in [0.2, 0.25) is 0 Å². The quantitative estimate of drug-likeness (QED) is 0.686. The van der Waals surface area contributed by atoms with Gasteiger partial charge < -0.3 is 0 Å². The van der Waals surface area contributed by atoms with Crippen molar-refractivity contribution >= 4 is 23.2 Å². The molecule has 0 N–H and O–H groups in total. The summed E-state index contributed by atoms with van der Waals surface area (Å²) in [5.41, 5.74) is 1.62. The van der Waals surface area contributed by atoms with Crippen LogP contribution in [0.3, 0.4) is 0 Å². The van der Waals surface area contributed by atoms with Gasteiger partial charge in [0.15, 0.2) is 4.33 Å². The van der Waals surface area contributed by atoms with Crippen molar-refractivity contribution < 1.29 is 0 Å². The number of benzene rings is 2. The third-order valence-electron chi connectivity index (χ3n) is 2.18. The minimum atomic E-state index is -1.03. The molecular weight excluding hydrogens is 227 g/mol. The Hall–Kier alpha value is -0.980. The van der Waals surface area contributed by atoms with Gasteiger partial charge in [0.1, 0.15) is 0 Å². The molecular formula is C13H9Cl2. The topological polar surface area (TPSA) is 0 Å². The number of halogens is 2. The third kappa shape index (κ3) is 2.17. The molecule has 2 heteroatoms. The van der Waals surface area contributed by atoms with Crippen molar-refractivity contribution in [2.24, 2.45) is 0 Å². The maximum atomic E-state index is 6.32. The Morgan fingerprint density at radius 3 is 2.13 bits per heavy atom. The maximum Gasteiger partial charge on any atom is 0.168 e. The second-order valence-corrected chi connectivity index (χ2v) is 4.54. The molecule has 0 heterocycles. The Bertz CT molecular complexity index is 379. The van der Waals surface area contributed by atoms with Gasteiger partial charge in [-0.05, 0) is 11.6 Å². The first-order chi connectivity index (χ1) is 7.21. The van der Waals surface area contributed by atoms with Gasteiger partial charge in [0.05, 0.1) is 0 Å². The standard InChI is InChI=1S/C13H9Cl2/c14-13(15,11-7-3-1-4-8-11)12-9-5-2-6-10-12/h1-9H. The van der Waals surface area contributed by atoms with Crippen molar-refractivity contribution in [1.82, 2.24) is 0 Å². The molecule has 0 spiro atoms. The smallest absolute Gasteiger partial charge is 0.0909 e. The molecule has 2 aromatic carbocycles. The Kier molecular flexibility index (Phi) is 2.99. The minimum Gasteiger partial charge on any atom is -0.0909 e. The second-order valence-electron chi connectivity index (χ2n) is 3.22. The molecule has 0 aliphatic heterocycles. The summed E-state index contributed by atoms with van der Waals surface area (Å²) in [4.78, 5) is 0. The van der Waals surface area contributed by atoms with E-state index >= 15 is 0 Å². The van der Waals surface area contributed by atoms with E-state index in [4.69, 9.17) is 23.2 Å². The van der Waals surface area contributed by atoms with Crippen LogP contribution in [0.25, 0.3) is 0 Å². The van der Waals surface area contributed by atoms with Crippen LogP contribution in [0.15, 0.2) is 54.6 Å². The maximum absolute atomic E-state index is 6.32. The van der Waals surface area contributed by atoms with Gasteiger partial charge in [-0.1, -0.05) is 77.8 Å². The Morgan fingerprint density at radius 1 is 0.867 bits per heavy atom. The lowest BCUT2D eigenvalue weighted by Gasteiger charge is -2.20. The lowest BCUT2D eigenvalue weighted by molar-refractivity contribution is 1.04. The first kappa shape index (κ1) is 10.5. The van der Waals surface area contributed by atoms with Crippen LogP contribution in [0.4, 0.5) is 0 Å². The summed E-state index contributed by atoms with van der Waals surface area (Å²) in [5.74, 6) is 0. The summed E-state index contributed by atoms with van der Waals surface area (Å²) in [7, 11) is 0. The molecule has 0 amide bonds. The van der Waals surface area contributed by atoms with Gasteiger partial charge in [-0.3, -0.25) is 0 Å². The zero-order valence-electron chi connectivity index (χ0n) is 7.95. The summed E-state index contributed by atoms with van der Waals surface area (Å²) in [6.45, 7) is 0. The van der Waals surface area contributed by atoms with Crippen LogP contribution >= 0.6 is 23.2 Å². The Balaban J connectivity index is 2.44. The highest BCUT2D eigenvalue weighted by Gasteiger charge is 2.28. The van der Waals surface area contributed by atoms with Crippen molar-refractivity contribution in [1.29, 1.82) is 0 Å². The molecule has 1 radical (unpaired) electrons. The zero-order chi connectivity index (χ0) is 10.7. The van der Waals surface area contributed by atoms with Crippen LogP contribution in [-0.2, 0) is 4.33 Å². The van der Waals surface area contributed by atoms with Gasteiger partial charge in [0.25, 0.3) is 0 Å². The molecule has 0 aromatic heterocycles. The largest absolute Gasteiger partial charge is 0.168 e. The summed E-state index contributed by atoms with van der Waals surface area (Å²) in [6, 6.07) is 20.1. The lowest BCUT2D eigenvalue weighted by Crippen LogP contribution is -2.11. The van der Waals surface area contributed by atoms with E-state index in [1.165, 1.54) is 0 Å². The van der Waals surface area contributed by atoms with Gasteiger partial charge in [0, 0.05) is 5.56 Å². The summed E-state index contributed by atoms with van der Waals surface area (Å²) >= 11 is 12.6. The fraction of sp³-hybridized carbons (Fsp3) is 0.0769. The Morgan fingerprint density at radius 2 is 1.53 bits per heavy atom. The van der Waals surface area contributed by atoms with Crippen molar-refractivity contribution in [3.63, 3.8) is 0 Å². The van der Waals surface area contributed by atoms with E-state index in [0.717, 1.165) is 11.1 Å². The van der Waals surface area contributed by atoms with E-state index < -0.39 is 4.33 Å². The van der Waals surface area contributed by atoms with Crippen LogP contribution in [0.2, 0.25) is 0 Å². The third-order valence-corrected chi connectivity index (χ3v) is 3.03. The summed E-state index contributed by atoms with van der Waals surface area (Å²) in [6.07, 6.45) is 0. The number of hydrogen-bond donors (Lipinski definition) is 0. The average molecular weight is 236 g/mol. The van der Waals surface area contributed by atoms with Crippen molar-refractivity contribution in [3.8, 4) is 0 Å². The molecule has 2 aromatic rings. The first-order valence-corrected chi connectivity index (χ1v) is 5.37. The van der Waals surface area contributed by atoms with Crippen LogP contribution < -0.4 is 0 Å². The highest BCUT2D eigenvalue weighted by Crippen LogP contribution is 2.40. The van der Waals surface area contributed by atoms with Crippen molar-refractivity contribution in [2.45, 2.75) is 4.33 Å². The predicted octanol–water partition coefficient (Wildman–Crippen LogP) is 4.17. The molecule has 2 rings (SSSR count). The zero-order valence-corrected chi connectivity index (χ0v) is 9.46. The molecule has 75 valence electrons. The van der Waals surface area contributed by atoms with Gasteiger partial charge in [-0.25, -0.2) is 0 Å². The molecule has 0 atom stereocenters. The van der Waals surface area contributed by atoms with E-state index in [1.807, 2.05) is 48.5 Å². The fourth-order valence-electron chi connectivity index (χ4n) is 1.39. The molecule has 0 nitrogen and oxygen atoms in total. The highest BCUT2D eigenvalue weighted by atomic mass is 35.5. The van der Waals surface area contributed by atoms with Gasteiger partial charge >= 0.3 is 0 Å². The SMILES string of the molecule is ClC(Cl)(c1[c]cccc1)c1ccccc1. The molecule has 15 heavy (non-hydrogen) atoms. The normalized spacial score (nSPS) is 11.3. The summed E-state index contributed by atoms with van der Waals surface area (Å²) in [5, 5.41) is 0. The number of hydrogen-bond acceptors (Lipinski definition) is 0. The predicted molar refractivity (Wildman–Crippen MR) is 64.2 cm³/mol. The fourth-order valence-corrected chi connectivity index (χ4v) is 1.88. The van der Waals surface area contributed by atoms with E-state index in [2.05, 4.69) is 6.07 Å². The molecule has 0 saturated heterocycles. The first-order valence-electron chi connectivity index (χ1n) is 4.62. The van der Waals surface area contributed by atoms with E-state index in [0.29, 0.717) is 0 Å². The monoisotopic (exact) mass is 235 g/mol. The molecule has 0 aliphatic carbocycles. The van der Waals surface area contributed by atoms with Crippen molar-refractivity contribution in [2.75, 3.05) is 0 Å². The average Bonchev–Trinajstić information content (AvgIpc) is 2.31. The van der Waals surface area contributed by atoms with Gasteiger partial charge in [-0.15, -0.1) is 0 Å². The molecule has 0 bridgehead atoms. The summed E-state index contributed by atoms with van der Waals surface area (Å²) < 4.78 is -1.03. The molecule has 0 aliphatic rings. The number of rotatable bonds is 2. The van der Waals surface area contributed by atoms with E-state index in [-0.39, 0.29) is 0 Å². The van der Waals surface area contributed by atoms with E-state index in [9.17, 15) is 0 Å².